The fourth-order valence-corrected chi connectivity index (χ4v) is 2.75. The molecular weight excluding hydrogens is 346 g/mol. The first-order valence-corrected chi connectivity index (χ1v) is 10.2. The molecule has 0 bridgehead atoms. The van der Waals surface area contributed by atoms with Crippen LogP contribution in [-0.2, 0) is 15.9 Å². The molecule has 0 amide bonds. The second-order valence-corrected chi connectivity index (χ2v) is 7.12. The average molecular weight is 382 g/mol. The van der Waals surface area contributed by atoms with Crippen molar-refractivity contribution in [1.82, 2.24) is 20.8 Å². The molecule has 1 aromatic rings. The van der Waals surface area contributed by atoms with Gasteiger partial charge in [0.05, 0.1) is 0 Å². The van der Waals surface area contributed by atoms with Crippen LogP contribution in [0, 0.1) is 5.92 Å². The summed E-state index contributed by atoms with van der Waals surface area (Å²) in [5, 5.41) is 10.5. The van der Waals surface area contributed by atoms with Gasteiger partial charge in [-0.25, -0.2) is 0 Å². The number of aliphatic imine (C=N–C) groups is 1. The first kappa shape index (κ1) is 21.6. The molecule has 2 N–H and O–H groups in total. The highest BCUT2D eigenvalue weighted by Gasteiger charge is 2.13. The Morgan fingerprint density at radius 2 is 2.11 bits per heavy atom. The molecule has 0 unspecified atom stereocenters. The zero-order chi connectivity index (χ0) is 19.3. The lowest BCUT2D eigenvalue weighted by Gasteiger charge is -2.21. The van der Waals surface area contributed by atoms with Gasteiger partial charge in [0.1, 0.15) is 0 Å². The molecule has 2 heterocycles. The molecule has 8 heteroatoms. The first-order chi connectivity index (χ1) is 13.2. The van der Waals surface area contributed by atoms with Crippen molar-refractivity contribution in [2.24, 2.45) is 10.9 Å². The Hall–Kier alpha value is -1.67. The molecule has 0 atom stereocenters. The summed E-state index contributed by atoms with van der Waals surface area (Å²) >= 11 is 0. The van der Waals surface area contributed by atoms with Crippen LogP contribution >= 0.6 is 0 Å². The third-order valence-corrected chi connectivity index (χ3v) is 4.39. The molecule has 27 heavy (non-hydrogen) atoms. The predicted molar refractivity (Wildman–Crippen MR) is 105 cm³/mol. The van der Waals surface area contributed by atoms with Gasteiger partial charge in [-0.05, 0) is 32.1 Å². The van der Waals surface area contributed by atoms with Crippen molar-refractivity contribution in [1.29, 1.82) is 0 Å². The summed E-state index contributed by atoms with van der Waals surface area (Å²) in [6.45, 7) is 11.8. The van der Waals surface area contributed by atoms with Crippen LogP contribution in [0.4, 0.5) is 0 Å². The molecule has 1 aliphatic rings. The minimum absolute atomic E-state index is 0.281. The Balaban J connectivity index is 1.59. The van der Waals surface area contributed by atoms with Crippen LogP contribution in [-0.4, -0.2) is 62.2 Å². The molecule has 1 fully saturated rings. The summed E-state index contributed by atoms with van der Waals surface area (Å²) in [5.41, 5.74) is 0. The molecule has 1 saturated heterocycles. The van der Waals surface area contributed by atoms with E-state index in [1.54, 1.807) is 0 Å². The Labute approximate surface area is 162 Å². The van der Waals surface area contributed by atoms with Gasteiger partial charge in [-0.1, -0.05) is 19.0 Å². The molecule has 0 aromatic carbocycles. The van der Waals surface area contributed by atoms with E-state index in [4.69, 9.17) is 14.0 Å². The van der Waals surface area contributed by atoms with Gasteiger partial charge in [0.2, 0.25) is 5.89 Å². The van der Waals surface area contributed by atoms with Gasteiger partial charge >= 0.3 is 0 Å². The quantitative estimate of drug-likeness (QED) is 0.344. The lowest BCUT2D eigenvalue weighted by atomic mass is 10.0. The number of rotatable bonds is 11. The molecule has 0 radical (unpaired) electrons. The van der Waals surface area contributed by atoms with E-state index in [1.807, 2.05) is 0 Å². The van der Waals surface area contributed by atoms with Gasteiger partial charge in [0.25, 0.3) is 0 Å². The molecular formula is C19H35N5O3. The molecule has 8 nitrogen and oxygen atoms in total. The van der Waals surface area contributed by atoms with Crippen LogP contribution in [0.5, 0.6) is 0 Å². The van der Waals surface area contributed by atoms with E-state index < -0.39 is 0 Å². The van der Waals surface area contributed by atoms with Crippen LogP contribution in [0.1, 0.15) is 57.7 Å². The first-order valence-electron chi connectivity index (χ1n) is 10.2. The van der Waals surface area contributed by atoms with Crippen LogP contribution in [0.2, 0.25) is 0 Å². The molecule has 0 spiro atoms. The van der Waals surface area contributed by atoms with E-state index >= 15 is 0 Å². The summed E-state index contributed by atoms with van der Waals surface area (Å²) in [5.74, 6) is 3.16. The third kappa shape index (κ3) is 8.71. The number of guanidine groups is 1. The van der Waals surface area contributed by atoms with Crippen LogP contribution in [0.15, 0.2) is 9.52 Å². The molecule has 1 aromatic heterocycles. The monoisotopic (exact) mass is 381 g/mol. The topological polar surface area (TPSA) is 93.8 Å². The standard InChI is InChI=1S/C19H35N5O3/c1-4-20-19(22-10-6-17-23-18(15(2)3)24-27-17)21-9-5-11-26-14-16-7-12-25-13-8-16/h15-16H,4-14H2,1-3H3,(H2,20,21,22). The van der Waals surface area contributed by atoms with E-state index in [-0.39, 0.29) is 5.92 Å². The van der Waals surface area contributed by atoms with Gasteiger partial charge < -0.3 is 24.6 Å². The number of nitrogens with one attached hydrogen (secondary N) is 2. The van der Waals surface area contributed by atoms with Crippen molar-refractivity contribution in [3.05, 3.63) is 11.7 Å². The van der Waals surface area contributed by atoms with Gasteiger partial charge in [0.15, 0.2) is 11.8 Å². The van der Waals surface area contributed by atoms with E-state index in [2.05, 4.69) is 46.5 Å². The van der Waals surface area contributed by atoms with Gasteiger partial charge in [-0.2, -0.15) is 4.98 Å². The Morgan fingerprint density at radius 3 is 2.81 bits per heavy atom. The van der Waals surface area contributed by atoms with Crippen LogP contribution in [0.3, 0.4) is 0 Å². The summed E-state index contributed by atoms with van der Waals surface area (Å²) in [6, 6.07) is 0. The number of hydrogen-bond acceptors (Lipinski definition) is 6. The number of hydrogen-bond donors (Lipinski definition) is 2. The van der Waals surface area contributed by atoms with E-state index in [0.717, 1.165) is 70.6 Å². The van der Waals surface area contributed by atoms with E-state index in [0.29, 0.717) is 24.8 Å². The number of ether oxygens (including phenoxy) is 2. The second-order valence-electron chi connectivity index (χ2n) is 7.12. The number of nitrogens with zero attached hydrogens (tertiary/aromatic N) is 3. The maximum atomic E-state index is 5.78. The van der Waals surface area contributed by atoms with Gasteiger partial charge in [-0.15, -0.1) is 0 Å². The molecule has 0 saturated carbocycles. The fraction of sp³-hybridized carbons (Fsp3) is 0.842. The summed E-state index contributed by atoms with van der Waals surface area (Å²) in [4.78, 5) is 8.97. The van der Waals surface area contributed by atoms with Gasteiger partial charge in [0, 0.05) is 58.4 Å². The average Bonchev–Trinajstić information content (AvgIpc) is 3.14. The highest BCUT2D eigenvalue weighted by molar-refractivity contribution is 5.79. The van der Waals surface area contributed by atoms with Crippen LogP contribution < -0.4 is 10.6 Å². The molecule has 1 aliphatic heterocycles. The minimum atomic E-state index is 0.281. The largest absolute Gasteiger partial charge is 0.381 e. The Bertz CT molecular complexity index is 541. The molecule has 0 aliphatic carbocycles. The highest BCUT2D eigenvalue weighted by atomic mass is 16.5. The van der Waals surface area contributed by atoms with Crippen molar-refractivity contribution in [3.8, 4) is 0 Å². The molecule has 154 valence electrons. The maximum absolute atomic E-state index is 5.78. The predicted octanol–water partition coefficient (Wildman–Crippen LogP) is 2.12. The summed E-state index contributed by atoms with van der Waals surface area (Å²) in [6.07, 6.45) is 3.83. The lowest BCUT2D eigenvalue weighted by molar-refractivity contribution is 0.0205. The SMILES string of the molecule is CCNC(=NCCCOCC1CCOCC1)NCCc1nc(C(C)C)no1. The highest BCUT2D eigenvalue weighted by Crippen LogP contribution is 2.14. The Morgan fingerprint density at radius 1 is 1.30 bits per heavy atom. The van der Waals surface area contributed by atoms with E-state index in [1.165, 1.54) is 0 Å². The second kappa shape index (κ2) is 12.7. The summed E-state index contributed by atoms with van der Waals surface area (Å²) in [7, 11) is 0. The molecule has 2 rings (SSSR count). The lowest BCUT2D eigenvalue weighted by Crippen LogP contribution is -2.38. The zero-order valence-electron chi connectivity index (χ0n) is 17.0. The number of aromatic nitrogens is 2. The van der Waals surface area contributed by atoms with Crippen LogP contribution in [0.25, 0.3) is 0 Å². The van der Waals surface area contributed by atoms with Crippen molar-refractivity contribution in [3.63, 3.8) is 0 Å². The van der Waals surface area contributed by atoms with Crippen molar-refractivity contribution < 1.29 is 14.0 Å². The zero-order valence-corrected chi connectivity index (χ0v) is 17.0. The normalized spacial score (nSPS) is 16.1. The smallest absolute Gasteiger partial charge is 0.228 e. The third-order valence-electron chi connectivity index (χ3n) is 4.39. The minimum Gasteiger partial charge on any atom is -0.381 e. The maximum Gasteiger partial charge on any atom is 0.228 e. The van der Waals surface area contributed by atoms with Gasteiger partial charge in [-0.3, -0.25) is 4.99 Å². The van der Waals surface area contributed by atoms with E-state index in [9.17, 15) is 0 Å². The van der Waals surface area contributed by atoms with Crippen molar-refractivity contribution in [2.75, 3.05) is 46.1 Å². The van der Waals surface area contributed by atoms with Crippen molar-refractivity contribution in [2.45, 2.75) is 52.4 Å². The summed E-state index contributed by atoms with van der Waals surface area (Å²) < 4.78 is 16.4. The fourth-order valence-electron chi connectivity index (χ4n) is 2.75. The Kier molecular flexibility index (Phi) is 10.1. The van der Waals surface area contributed by atoms with Crippen molar-refractivity contribution >= 4 is 5.96 Å².